The number of hydrogen-bond donors (Lipinski definition) is 2. The monoisotopic (exact) mass is 354 g/mol. The number of carbonyl (C=O) groups excluding carboxylic acids is 1. The Morgan fingerprint density at radius 2 is 1.60 bits per heavy atom. The summed E-state index contributed by atoms with van der Waals surface area (Å²) in [7, 11) is -3.56. The summed E-state index contributed by atoms with van der Waals surface area (Å²) in [4.78, 5) is 12.3. The molecular formula is C19H18N2O3S. The first kappa shape index (κ1) is 17.1. The first-order chi connectivity index (χ1) is 11.9. The molecule has 0 unspecified atom stereocenters. The molecular weight excluding hydrogens is 336 g/mol. The van der Waals surface area contributed by atoms with Crippen LogP contribution in [-0.4, -0.2) is 14.3 Å². The van der Waals surface area contributed by atoms with Crippen molar-refractivity contribution in [2.45, 2.75) is 12.2 Å². The Kier molecular flexibility index (Phi) is 4.83. The largest absolute Gasteiger partial charge is 0.326 e. The van der Waals surface area contributed by atoms with Crippen LogP contribution in [0.1, 0.15) is 11.1 Å². The highest BCUT2D eigenvalue weighted by atomic mass is 32.2. The molecule has 3 N–H and O–H groups in total. The molecule has 5 nitrogen and oxygen atoms in total. The number of nitrogens with two attached hydrogens (primary N) is 1. The zero-order valence-corrected chi connectivity index (χ0v) is 14.3. The molecule has 3 rings (SSSR count). The maximum atomic E-state index is 12.3. The average molecular weight is 354 g/mol. The highest BCUT2D eigenvalue weighted by Gasteiger charge is 2.08. The van der Waals surface area contributed by atoms with Crippen LogP contribution in [0.25, 0.3) is 10.8 Å². The fourth-order valence-electron chi connectivity index (χ4n) is 2.74. The smallest absolute Gasteiger partial charge is 0.228 e. The summed E-state index contributed by atoms with van der Waals surface area (Å²) in [5, 5.41) is 10.0. The van der Waals surface area contributed by atoms with Crippen LogP contribution in [0.2, 0.25) is 0 Å². The molecule has 0 aliphatic carbocycles. The molecule has 0 saturated carbocycles. The van der Waals surface area contributed by atoms with E-state index in [0.29, 0.717) is 11.3 Å². The summed E-state index contributed by atoms with van der Waals surface area (Å²) in [6.07, 6.45) is 0.264. The third-order valence-corrected chi connectivity index (χ3v) is 4.57. The summed E-state index contributed by atoms with van der Waals surface area (Å²) in [6.45, 7) is 0. The Morgan fingerprint density at radius 3 is 2.32 bits per heavy atom. The van der Waals surface area contributed by atoms with Gasteiger partial charge in [-0.05, 0) is 34.0 Å². The van der Waals surface area contributed by atoms with E-state index >= 15 is 0 Å². The standard InChI is InChI=1S/C19H18N2O3S/c20-25(23,24)13-14-8-10-17(11-9-14)21-19(22)12-16-6-3-5-15-4-1-2-7-18(15)16/h1-11H,12-13H2,(H,21,22)(H2,20,23,24). The van der Waals surface area contributed by atoms with E-state index in [2.05, 4.69) is 5.32 Å². The molecule has 0 aliphatic heterocycles. The van der Waals surface area contributed by atoms with E-state index < -0.39 is 10.0 Å². The molecule has 0 aromatic heterocycles. The van der Waals surface area contributed by atoms with Gasteiger partial charge in [0.05, 0.1) is 12.2 Å². The second kappa shape index (κ2) is 7.04. The van der Waals surface area contributed by atoms with Crippen LogP contribution < -0.4 is 10.5 Å². The number of nitrogens with one attached hydrogen (secondary N) is 1. The van der Waals surface area contributed by atoms with E-state index in [9.17, 15) is 13.2 Å². The first-order valence-corrected chi connectivity index (χ1v) is 9.48. The fourth-order valence-corrected chi connectivity index (χ4v) is 3.40. The number of fused-ring (bicyclic) bond motifs is 1. The lowest BCUT2D eigenvalue weighted by Gasteiger charge is -2.08. The van der Waals surface area contributed by atoms with Crippen molar-refractivity contribution >= 4 is 32.4 Å². The molecule has 3 aromatic rings. The van der Waals surface area contributed by atoms with Crippen molar-refractivity contribution in [2.24, 2.45) is 5.14 Å². The minimum absolute atomic E-state index is 0.129. The lowest BCUT2D eigenvalue weighted by atomic mass is 10.0. The van der Waals surface area contributed by atoms with Gasteiger partial charge < -0.3 is 5.32 Å². The molecule has 0 fully saturated rings. The quantitative estimate of drug-likeness (QED) is 0.738. The minimum atomic E-state index is -3.56. The lowest BCUT2D eigenvalue weighted by Crippen LogP contribution is -2.15. The average Bonchev–Trinajstić information content (AvgIpc) is 2.56. The van der Waals surface area contributed by atoms with Crippen molar-refractivity contribution < 1.29 is 13.2 Å². The molecule has 3 aromatic carbocycles. The Morgan fingerprint density at radius 1 is 0.920 bits per heavy atom. The predicted molar refractivity (Wildman–Crippen MR) is 99.5 cm³/mol. The van der Waals surface area contributed by atoms with E-state index in [1.54, 1.807) is 24.3 Å². The number of anilines is 1. The van der Waals surface area contributed by atoms with Crippen molar-refractivity contribution in [3.8, 4) is 0 Å². The van der Waals surface area contributed by atoms with Crippen LogP contribution in [0.15, 0.2) is 66.7 Å². The van der Waals surface area contributed by atoms with Gasteiger partial charge in [0.2, 0.25) is 15.9 Å². The van der Waals surface area contributed by atoms with Gasteiger partial charge in [-0.2, -0.15) is 0 Å². The zero-order chi connectivity index (χ0) is 17.9. The third-order valence-electron chi connectivity index (χ3n) is 3.84. The Bertz CT molecular complexity index is 1010. The number of sulfonamides is 1. The lowest BCUT2D eigenvalue weighted by molar-refractivity contribution is -0.115. The van der Waals surface area contributed by atoms with Crippen molar-refractivity contribution in [2.75, 3.05) is 5.32 Å². The van der Waals surface area contributed by atoms with Gasteiger partial charge in [0.25, 0.3) is 0 Å². The first-order valence-electron chi connectivity index (χ1n) is 7.77. The molecule has 1 amide bonds. The Balaban J connectivity index is 1.70. The van der Waals surface area contributed by atoms with Gasteiger partial charge in [0.1, 0.15) is 0 Å². The van der Waals surface area contributed by atoms with Gasteiger partial charge in [-0.15, -0.1) is 0 Å². The Hall–Kier alpha value is -2.70. The van der Waals surface area contributed by atoms with Crippen molar-refractivity contribution in [3.05, 3.63) is 77.9 Å². The summed E-state index contributed by atoms with van der Waals surface area (Å²) < 4.78 is 22.2. The number of primary sulfonamides is 1. The molecule has 6 heteroatoms. The maximum absolute atomic E-state index is 12.3. The van der Waals surface area contributed by atoms with Gasteiger partial charge in [-0.1, -0.05) is 54.6 Å². The van der Waals surface area contributed by atoms with Crippen LogP contribution in [0.4, 0.5) is 5.69 Å². The van der Waals surface area contributed by atoms with Gasteiger partial charge in [-0.3, -0.25) is 4.79 Å². The molecule has 0 radical (unpaired) electrons. The SMILES string of the molecule is NS(=O)(=O)Cc1ccc(NC(=O)Cc2cccc3ccccc23)cc1. The fraction of sp³-hybridized carbons (Fsp3) is 0.105. The molecule has 0 spiro atoms. The zero-order valence-electron chi connectivity index (χ0n) is 13.5. The number of benzene rings is 3. The molecule has 0 heterocycles. The van der Waals surface area contributed by atoms with E-state index in [0.717, 1.165) is 16.3 Å². The molecule has 25 heavy (non-hydrogen) atoms. The van der Waals surface area contributed by atoms with Gasteiger partial charge >= 0.3 is 0 Å². The number of rotatable bonds is 5. The van der Waals surface area contributed by atoms with Crippen LogP contribution in [-0.2, 0) is 27.0 Å². The molecule has 0 bridgehead atoms. The topological polar surface area (TPSA) is 89.3 Å². The summed E-state index contributed by atoms with van der Waals surface area (Å²) in [5.41, 5.74) is 2.15. The molecule has 0 saturated heterocycles. The highest BCUT2D eigenvalue weighted by molar-refractivity contribution is 7.88. The number of hydrogen-bond acceptors (Lipinski definition) is 3. The second-order valence-corrected chi connectivity index (χ2v) is 7.48. The van der Waals surface area contributed by atoms with Crippen LogP contribution in [0.3, 0.4) is 0 Å². The van der Waals surface area contributed by atoms with Crippen molar-refractivity contribution in [3.63, 3.8) is 0 Å². The van der Waals surface area contributed by atoms with Crippen molar-refractivity contribution in [1.29, 1.82) is 0 Å². The number of amides is 1. The minimum Gasteiger partial charge on any atom is -0.326 e. The second-order valence-electron chi connectivity index (χ2n) is 5.87. The van der Waals surface area contributed by atoms with E-state index in [1.165, 1.54) is 0 Å². The third kappa shape index (κ3) is 4.65. The molecule has 128 valence electrons. The van der Waals surface area contributed by atoms with E-state index in [4.69, 9.17) is 5.14 Å². The normalized spacial score (nSPS) is 11.4. The summed E-state index contributed by atoms with van der Waals surface area (Å²) >= 11 is 0. The number of carbonyl (C=O) groups is 1. The summed E-state index contributed by atoms with van der Waals surface area (Å²) in [5.74, 6) is -0.354. The molecule has 0 aliphatic rings. The summed E-state index contributed by atoms with van der Waals surface area (Å²) in [6, 6.07) is 20.4. The van der Waals surface area contributed by atoms with Crippen LogP contribution in [0.5, 0.6) is 0 Å². The van der Waals surface area contributed by atoms with E-state index in [-0.39, 0.29) is 18.1 Å². The maximum Gasteiger partial charge on any atom is 0.228 e. The van der Waals surface area contributed by atoms with Gasteiger partial charge in [0.15, 0.2) is 0 Å². The molecule has 0 atom stereocenters. The van der Waals surface area contributed by atoms with Gasteiger partial charge in [-0.25, -0.2) is 13.6 Å². The van der Waals surface area contributed by atoms with Crippen LogP contribution >= 0.6 is 0 Å². The van der Waals surface area contributed by atoms with Gasteiger partial charge in [0, 0.05) is 5.69 Å². The predicted octanol–water partition coefficient (Wildman–Crippen LogP) is 2.81. The van der Waals surface area contributed by atoms with Crippen LogP contribution in [0, 0.1) is 0 Å². The van der Waals surface area contributed by atoms with Crippen molar-refractivity contribution in [1.82, 2.24) is 0 Å². The highest BCUT2D eigenvalue weighted by Crippen LogP contribution is 2.19. The Labute approximate surface area is 146 Å². The van der Waals surface area contributed by atoms with E-state index in [1.807, 2.05) is 42.5 Å².